The first-order chi connectivity index (χ1) is 21.2. The summed E-state index contributed by atoms with van der Waals surface area (Å²) in [5.74, 6) is -3.60. The number of nitrogens with one attached hydrogen (secondary N) is 2. The molecule has 214 valence electrons. The molecule has 0 aliphatic heterocycles. The molecule has 6 aromatic carbocycles. The van der Waals surface area contributed by atoms with Gasteiger partial charge < -0.3 is 20.8 Å². The Labute approximate surface area is 250 Å². The summed E-state index contributed by atoms with van der Waals surface area (Å²) in [6.07, 6.45) is 3.04. The molecule has 6 aromatic rings. The lowest BCUT2D eigenvalue weighted by atomic mass is 9.92. The first-order valence-corrected chi connectivity index (χ1v) is 13.5. The molecule has 0 atom stereocenters. The zero-order chi connectivity index (χ0) is 31.1. The van der Waals surface area contributed by atoms with Gasteiger partial charge in [0.05, 0.1) is 22.3 Å². The van der Waals surface area contributed by atoms with Crippen LogP contribution in [0.2, 0.25) is 0 Å². The maximum Gasteiger partial charge on any atom is 0.336 e. The number of benzene rings is 6. The van der Waals surface area contributed by atoms with Gasteiger partial charge in [0.25, 0.3) is 11.8 Å². The van der Waals surface area contributed by atoms with Gasteiger partial charge in [-0.3, -0.25) is 9.59 Å². The van der Waals surface area contributed by atoms with Crippen LogP contribution in [-0.4, -0.2) is 34.0 Å². The van der Waals surface area contributed by atoms with Crippen LogP contribution in [0, 0.1) is 0 Å². The van der Waals surface area contributed by atoms with Gasteiger partial charge in [0.1, 0.15) is 0 Å². The Balaban J connectivity index is 1.43. The summed E-state index contributed by atoms with van der Waals surface area (Å²) in [7, 11) is 0. The van der Waals surface area contributed by atoms with E-state index in [0.29, 0.717) is 22.5 Å². The second-order valence-electron chi connectivity index (χ2n) is 10.2. The van der Waals surface area contributed by atoms with Gasteiger partial charge in [-0.2, -0.15) is 0 Å². The molecule has 8 nitrogen and oxygen atoms in total. The molecule has 0 spiro atoms. The zero-order valence-electron chi connectivity index (χ0n) is 23.2. The molecule has 0 aromatic heterocycles. The molecule has 0 unspecified atom stereocenters. The van der Waals surface area contributed by atoms with E-state index >= 15 is 0 Å². The summed E-state index contributed by atoms with van der Waals surface area (Å²) in [4.78, 5) is 50.4. The highest BCUT2D eigenvalue weighted by Gasteiger charge is 2.21. The second kappa shape index (κ2) is 10.8. The molecule has 0 aliphatic rings. The van der Waals surface area contributed by atoms with Crippen LogP contribution in [-0.2, 0) is 0 Å². The van der Waals surface area contributed by atoms with Gasteiger partial charge in [-0.15, -0.1) is 0 Å². The van der Waals surface area contributed by atoms with Gasteiger partial charge in [0, 0.05) is 22.1 Å². The zero-order valence-corrected chi connectivity index (χ0v) is 23.2. The van der Waals surface area contributed by atoms with Crippen LogP contribution in [0.25, 0.3) is 44.5 Å². The van der Waals surface area contributed by atoms with E-state index in [1.54, 1.807) is 24.3 Å². The lowest BCUT2D eigenvalue weighted by molar-refractivity contribution is 0.0683. The third-order valence-corrected chi connectivity index (χ3v) is 7.67. The highest BCUT2D eigenvalue weighted by Crippen LogP contribution is 2.40. The van der Waals surface area contributed by atoms with Crippen LogP contribution in [0.3, 0.4) is 0 Å². The molecule has 2 amide bonds. The van der Waals surface area contributed by atoms with Crippen molar-refractivity contribution in [1.82, 2.24) is 0 Å². The van der Waals surface area contributed by atoms with Gasteiger partial charge in [-0.1, -0.05) is 73.8 Å². The predicted octanol–water partition coefficient (Wildman–Crippen LogP) is 7.77. The molecular formula is C36H24N2O6. The Morgan fingerprint density at radius 3 is 1.43 bits per heavy atom. The molecule has 0 aliphatic carbocycles. The molecule has 0 saturated heterocycles. The standard InChI is InChI=1S/C36H24N2O6/c1-3-19-6-12-24(35(41)42)27(17-19)34(40)38-30-16-10-22-8-7-21-9-15-29(25-13-14-26(30)32(22)31(21)25)37-33(39)23-11-5-20(4-2)18-28(23)36(43)44/h3-18H,1-2H2,(H,37,39)(H,38,40)(H,41,42)(H,43,44). The highest BCUT2D eigenvalue weighted by molar-refractivity contribution is 6.29. The summed E-state index contributed by atoms with van der Waals surface area (Å²) in [6, 6.07) is 23.8. The van der Waals surface area contributed by atoms with Crippen LogP contribution >= 0.6 is 0 Å². The molecule has 0 radical (unpaired) electrons. The Morgan fingerprint density at radius 1 is 0.523 bits per heavy atom. The highest BCUT2D eigenvalue weighted by atomic mass is 16.4. The maximum atomic E-state index is 13.4. The van der Waals surface area contributed by atoms with Gasteiger partial charge in [-0.05, 0) is 69.1 Å². The number of carboxylic acid groups (broad SMARTS) is 2. The lowest BCUT2D eigenvalue weighted by Gasteiger charge is -2.17. The normalized spacial score (nSPS) is 11.0. The minimum absolute atomic E-state index is 0.00689. The van der Waals surface area contributed by atoms with Crippen molar-refractivity contribution in [2.45, 2.75) is 0 Å². The van der Waals surface area contributed by atoms with Crippen molar-refractivity contribution in [2.24, 2.45) is 0 Å². The SMILES string of the molecule is C=Cc1ccc(C(=O)Nc2ccc3ccc4ccc(NC(=O)c5cc(C=C)ccc5C(=O)O)c5ccc2c3c45)c(C(=O)O)c1. The summed E-state index contributed by atoms with van der Waals surface area (Å²) < 4.78 is 0. The van der Waals surface area contributed by atoms with Crippen LogP contribution in [0.4, 0.5) is 11.4 Å². The van der Waals surface area contributed by atoms with Gasteiger partial charge in [0.2, 0.25) is 0 Å². The van der Waals surface area contributed by atoms with Crippen LogP contribution < -0.4 is 10.6 Å². The van der Waals surface area contributed by atoms with Gasteiger partial charge >= 0.3 is 11.9 Å². The second-order valence-corrected chi connectivity index (χ2v) is 10.2. The number of amides is 2. The van der Waals surface area contributed by atoms with Crippen molar-refractivity contribution in [3.05, 3.63) is 131 Å². The topological polar surface area (TPSA) is 133 Å². The Morgan fingerprint density at radius 2 is 0.955 bits per heavy atom. The van der Waals surface area contributed by atoms with Crippen molar-refractivity contribution in [3.63, 3.8) is 0 Å². The van der Waals surface area contributed by atoms with Crippen LogP contribution in [0.1, 0.15) is 52.6 Å². The van der Waals surface area contributed by atoms with E-state index in [-0.39, 0.29) is 22.3 Å². The van der Waals surface area contributed by atoms with Gasteiger partial charge in [-0.25, -0.2) is 9.59 Å². The minimum atomic E-state index is -1.23. The van der Waals surface area contributed by atoms with Crippen molar-refractivity contribution < 1.29 is 29.4 Å². The van der Waals surface area contributed by atoms with E-state index in [2.05, 4.69) is 23.8 Å². The van der Waals surface area contributed by atoms with E-state index in [0.717, 1.165) is 32.3 Å². The van der Waals surface area contributed by atoms with E-state index in [1.165, 1.54) is 36.4 Å². The fourth-order valence-corrected chi connectivity index (χ4v) is 5.53. The van der Waals surface area contributed by atoms with E-state index in [9.17, 15) is 29.4 Å². The third-order valence-electron chi connectivity index (χ3n) is 7.67. The molecule has 0 saturated carbocycles. The molecule has 44 heavy (non-hydrogen) atoms. The minimum Gasteiger partial charge on any atom is -0.478 e. The van der Waals surface area contributed by atoms with Crippen molar-refractivity contribution in [2.75, 3.05) is 10.6 Å². The lowest BCUT2D eigenvalue weighted by Crippen LogP contribution is -2.17. The molecule has 4 N–H and O–H groups in total. The number of rotatable bonds is 8. The van der Waals surface area contributed by atoms with Crippen molar-refractivity contribution >= 4 is 79.6 Å². The Bertz CT molecular complexity index is 2220. The number of anilines is 2. The fourth-order valence-electron chi connectivity index (χ4n) is 5.53. The fraction of sp³-hybridized carbons (Fsp3) is 0. The summed E-state index contributed by atoms with van der Waals surface area (Å²) in [6.45, 7) is 7.36. The van der Waals surface area contributed by atoms with E-state index < -0.39 is 23.8 Å². The number of carbonyl (C=O) groups excluding carboxylic acids is 2. The van der Waals surface area contributed by atoms with Crippen molar-refractivity contribution in [1.29, 1.82) is 0 Å². The molecule has 8 heteroatoms. The largest absolute Gasteiger partial charge is 0.478 e. The maximum absolute atomic E-state index is 13.4. The Kier molecular flexibility index (Phi) is 6.87. The molecule has 6 rings (SSSR count). The first-order valence-electron chi connectivity index (χ1n) is 13.5. The molecular weight excluding hydrogens is 556 g/mol. The van der Waals surface area contributed by atoms with Crippen LogP contribution in [0.15, 0.2) is 98.1 Å². The summed E-state index contributed by atoms with van der Waals surface area (Å²) in [5.41, 5.74) is 1.92. The number of carboxylic acids is 2. The van der Waals surface area contributed by atoms with E-state index in [1.807, 2.05) is 36.4 Å². The van der Waals surface area contributed by atoms with Gasteiger partial charge in [0.15, 0.2) is 0 Å². The number of carbonyl (C=O) groups is 4. The number of aromatic carboxylic acids is 2. The monoisotopic (exact) mass is 580 g/mol. The average Bonchev–Trinajstić information content (AvgIpc) is 3.04. The molecule has 0 bridgehead atoms. The summed E-state index contributed by atoms with van der Waals surface area (Å²) in [5, 5.41) is 30.1. The first kappa shape index (κ1) is 27.9. The smallest absolute Gasteiger partial charge is 0.336 e. The number of hydrogen-bond acceptors (Lipinski definition) is 4. The Hall–Kier alpha value is -6.28. The quantitative estimate of drug-likeness (QED) is 0.136. The predicted molar refractivity (Wildman–Crippen MR) is 173 cm³/mol. The molecule has 0 fully saturated rings. The molecule has 0 heterocycles. The summed E-state index contributed by atoms with van der Waals surface area (Å²) >= 11 is 0. The third kappa shape index (κ3) is 4.70. The van der Waals surface area contributed by atoms with Crippen molar-refractivity contribution in [3.8, 4) is 0 Å². The van der Waals surface area contributed by atoms with Crippen LogP contribution in [0.5, 0.6) is 0 Å². The average molecular weight is 581 g/mol. The van der Waals surface area contributed by atoms with E-state index in [4.69, 9.17) is 0 Å². The number of hydrogen-bond donors (Lipinski definition) is 4.